The lowest BCUT2D eigenvalue weighted by atomic mass is 9.75. The molecule has 5 fully saturated rings. The molecule has 0 radical (unpaired) electrons. The number of halogens is 1. The Morgan fingerprint density at radius 1 is 0.575 bits per heavy atom. The number of thiazole rings is 3. The summed E-state index contributed by atoms with van der Waals surface area (Å²) in [6.45, 7) is 7.53. The molecule has 0 amide bonds. The number of aromatic nitrogens is 15. The van der Waals surface area contributed by atoms with Crippen LogP contribution in [0, 0.1) is 17.3 Å². The van der Waals surface area contributed by atoms with Gasteiger partial charge in [-0.2, -0.15) is 34.6 Å². The van der Waals surface area contributed by atoms with E-state index < -0.39 is 5.95 Å². The number of nitrogens with one attached hydrogen (secondary N) is 5. The van der Waals surface area contributed by atoms with Crippen molar-refractivity contribution in [3.8, 4) is 84.4 Å². The van der Waals surface area contributed by atoms with Gasteiger partial charge in [0.25, 0.3) is 0 Å². The van der Waals surface area contributed by atoms with E-state index in [1.54, 1.807) is 83.1 Å². The zero-order valence-corrected chi connectivity index (χ0v) is 49.3. The Kier molecular flexibility index (Phi) is 14.2. The summed E-state index contributed by atoms with van der Waals surface area (Å²) in [4.78, 5) is 21.1. The van der Waals surface area contributed by atoms with Crippen LogP contribution in [0.3, 0.4) is 0 Å². The van der Waals surface area contributed by atoms with E-state index in [0.717, 1.165) is 96.9 Å². The smallest absolute Gasteiger partial charge is 0.216 e. The molecule has 87 heavy (non-hydrogen) atoms. The van der Waals surface area contributed by atoms with E-state index in [-0.39, 0.29) is 17.2 Å². The number of hydrogen-bond acceptors (Lipinski definition) is 23. The van der Waals surface area contributed by atoms with E-state index in [0.29, 0.717) is 79.3 Å². The number of aromatic hydroxyl groups is 3. The SMILES string of the molecule is CN1CC[C@@H]2CCN(c3nc4nnc(-c5ccc(-c6cn[nH]c6)cc5O)cc4s3)[C@@H]2C1.Oc1cc(-c2cn[nH]c2)ccc1-c1cc2sc(NC3CCCC3)nc2nn1.Oc1cc(-c2cn[nH]c2F)ccc1-c1cc2sc(N3CC4(CNC4)C3)nc2nn1. The van der Waals surface area contributed by atoms with Crippen LogP contribution in [0.15, 0.2) is 104 Å². The Bertz CT molecular complexity index is 4460. The van der Waals surface area contributed by atoms with Crippen molar-refractivity contribution >= 4 is 80.4 Å². The molecule has 440 valence electrons. The summed E-state index contributed by atoms with van der Waals surface area (Å²) in [6.07, 6.45) is 15.9. The van der Waals surface area contributed by atoms with Gasteiger partial charge < -0.3 is 40.7 Å². The number of phenolic OH excluding ortho intramolecular Hbond substituents is 3. The van der Waals surface area contributed by atoms with Gasteiger partial charge >= 0.3 is 0 Å². The third-order valence-electron chi connectivity index (χ3n) is 17.1. The normalized spacial score (nSPS) is 18.1. The molecule has 8 N–H and O–H groups in total. The molecule has 9 aromatic heterocycles. The van der Waals surface area contributed by atoms with Crippen LogP contribution >= 0.6 is 34.0 Å². The van der Waals surface area contributed by atoms with Crippen LogP contribution in [0.4, 0.5) is 19.8 Å². The van der Waals surface area contributed by atoms with Crippen LogP contribution in [0.5, 0.6) is 17.2 Å². The second-order valence-electron chi connectivity index (χ2n) is 23.0. The summed E-state index contributed by atoms with van der Waals surface area (Å²) in [5, 5.41) is 86.4. The molecule has 3 aromatic carbocycles. The molecule has 4 aliphatic heterocycles. The minimum atomic E-state index is -0.541. The van der Waals surface area contributed by atoms with E-state index in [1.807, 2.05) is 42.5 Å². The number of rotatable bonds is 10. The van der Waals surface area contributed by atoms with Crippen molar-refractivity contribution < 1.29 is 19.7 Å². The highest BCUT2D eigenvalue weighted by molar-refractivity contribution is 7.22. The molecule has 1 saturated carbocycles. The topological polar surface area (TPSA) is 297 Å². The number of H-pyrrole nitrogens is 3. The highest BCUT2D eigenvalue weighted by atomic mass is 32.1. The third kappa shape index (κ3) is 10.8. The van der Waals surface area contributed by atoms with Gasteiger partial charge in [-0.25, -0.2) is 0 Å². The van der Waals surface area contributed by atoms with Crippen molar-refractivity contribution in [2.45, 2.75) is 50.6 Å². The van der Waals surface area contributed by atoms with E-state index in [4.69, 9.17) is 4.98 Å². The summed E-state index contributed by atoms with van der Waals surface area (Å²) >= 11 is 4.83. The number of hydrogen-bond donors (Lipinski definition) is 8. The minimum absolute atomic E-state index is 0.00339. The van der Waals surface area contributed by atoms with Crippen LogP contribution < -0.4 is 20.4 Å². The van der Waals surface area contributed by atoms with Gasteiger partial charge in [-0.15, -0.1) is 30.6 Å². The summed E-state index contributed by atoms with van der Waals surface area (Å²) in [6, 6.07) is 22.8. The van der Waals surface area contributed by atoms with Crippen LogP contribution in [-0.2, 0) is 0 Å². The number of benzene rings is 3. The molecule has 12 aromatic rings. The number of fused-ring (bicyclic) bond motifs is 4. The summed E-state index contributed by atoms with van der Waals surface area (Å²) in [5.41, 5.74) is 10.5. The molecule has 23 nitrogen and oxygen atoms in total. The van der Waals surface area contributed by atoms with Crippen molar-refractivity contribution in [2.24, 2.45) is 11.3 Å². The van der Waals surface area contributed by atoms with Crippen molar-refractivity contribution in [3.63, 3.8) is 0 Å². The fourth-order valence-corrected chi connectivity index (χ4v) is 15.2. The monoisotopic (exact) mass is 1220 g/mol. The van der Waals surface area contributed by atoms with Crippen molar-refractivity contribution in [3.05, 3.63) is 110 Å². The maximum absolute atomic E-state index is 13.7. The Balaban J connectivity index is 0.000000110. The Morgan fingerprint density at radius 3 is 1.66 bits per heavy atom. The van der Waals surface area contributed by atoms with Crippen LogP contribution in [0.25, 0.3) is 98.2 Å². The first-order valence-electron chi connectivity index (χ1n) is 28.8. The lowest BCUT2D eigenvalue weighted by Crippen LogP contribution is -2.71. The predicted molar refractivity (Wildman–Crippen MR) is 334 cm³/mol. The molecule has 1 aliphatic carbocycles. The predicted octanol–water partition coefficient (Wildman–Crippen LogP) is 9.98. The number of piperidine rings is 1. The van der Waals surface area contributed by atoms with Gasteiger partial charge in [-0.05, 0) is 116 Å². The highest BCUT2D eigenvalue weighted by Crippen LogP contribution is 2.43. The molecule has 5 aliphatic rings. The second-order valence-corrected chi connectivity index (χ2v) is 26.0. The molecule has 0 bridgehead atoms. The van der Waals surface area contributed by atoms with E-state index in [2.05, 4.69) is 104 Å². The van der Waals surface area contributed by atoms with Gasteiger partial charge in [0.1, 0.15) is 17.2 Å². The Morgan fingerprint density at radius 2 is 1.11 bits per heavy atom. The van der Waals surface area contributed by atoms with Gasteiger partial charge in [-0.3, -0.25) is 15.3 Å². The van der Waals surface area contributed by atoms with Crippen molar-refractivity contribution in [1.29, 1.82) is 0 Å². The lowest BCUT2D eigenvalue weighted by Gasteiger charge is -2.56. The van der Waals surface area contributed by atoms with Crippen LogP contribution in [0.1, 0.15) is 38.5 Å². The molecule has 1 spiro atoms. The molecular weight excluding hydrogens is 1160 g/mol. The number of likely N-dealkylation sites (tertiary alicyclic amines) is 1. The second kappa shape index (κ2) is 22.6. The third-order valence-corrected chi connectivity index (χ3v) is 20.2. The van der Waals surface area contributed by atoms with Gasteiger partial charge in [0.2, 0.25) is 5.95 Å². The van der Waals surface area contributed by atoms with E-state index >= 15 is 0 Å². The maximum Gasteiger partial charge on any atom is 0.216 e. The largest absolute Gasteiger partial charge is 0.507 e. The average Bonchev–Trinajstić information content (AvgIpc) is 4.20. The first kappa shape index (κ1) is 54.5. The number of aromatic amines is 3. The number of likely N-dealkylation sites (N-methyl/N-ethyl adjacent to an activating group) is 1. The van der Waals surface area contributed by atoms with E-state index in [1.165, 1.54) is 57.3 Å². The zero-order chi connectivity index (χ0) is 58.8. The van der Waals surface area contributed by atoms with Crippen molar-refractivity contribution in [2.75, 3.05) is 68.0 Å². The quantitative estimate of drug-likeness (QED) is 0.0631. The maximum atomic E-state index is 13.7. The molecule has 4 saturated heterocycles. The number of anilines is 3. The van der Waals surface area contributed by atoms with Gasteiger partial charge in [-0.1, -0.05) is 65.1 Å². The highest BCUT2D eigenvalue weighted by Gasteiger charge is 2.48. The fourth-order valence-electron chi connectivity index (χ4n) is 12.4. The zero-order valence-electron chi connectivity index (χ0n) is 46.9. The first-order valence-corrected chi connectivity index (χ1v) is 31.2. The molecule has 13 heterocycles. The minimum Gasteiger partial charge on any atom is -0.507 e. The average molecular weight is 1220 g/mol. The summed E-state index contributed by atoms with van der Waals surface area (Å²) < 4.78 is 16.6. The Labute approximate surface area is 507 Å². The van der Waals surface area contributed by atoms with Gasteiger partial charge in [0.15, 0.2) is 32.3 Å². The number of nitrogens with zero attached hydrogens (tertiary/aromatic N) is 15. The number of phenols is 3. The standard InChI is InChI=1S/C22H23N7OS.C19H16FN7OS.C19H18N6OS/c1-28-6-4-13-5-7-29(18(13)12-28)22-25-21-20(31-22)9-17(26-27-21)16-3-2-14(8-19(16)30)15-10-23-24-11-15;20-16-12(5-22-25-16)10-1-2-11(14(28)3-10)13-4-15-17(26-24-13)23-18(29-15)27-8-19(9-27)6-21-7-19;26-16-7-11(12-9-20-21-10-12)5-6-14(16)15-8-17-18(25-24-15)23-19(27-17)22-13-3-1-2-4-13/h2-3,8-11,13,18,30H,4-7,12H2,1H3,(H,23,24);1-5,21,28H,6-9H2,(H,22,25);5-10,13,26H,1-4H2,(H,20,21)(H,22,23,25)/t13-,18-;;/m1../s1. The molecule has 27 heteroatoms. The Hall–Kier alpha value is -9.15. The van der Waals surface area contributed by atoms with E-state index in [9.17, 15) is 19.7 Å². The van der Waals surface area contributed by atoms with Crippen molar-refractivity contribution in [1.82, 2.24) is 86.4 Å². The van der Waals surface area contributed by atoms with Gasteiger partial charge in [0, 0.05) is 97.0 Å². The van der Waals surface area contributed by atoms with Crippen LogP contribution in [0.2, 0.25) is 0 Å². The molecule has 17 rings (SSSR count). The fraction of sp³-hybridized carbons (Fsp3) is 0.300. The summed E-state index contributed by atoms with van der Waals surface area (Å²) in [5.74, 6) is 0.557. The first-order chi connectivity index (χ1) is 42.5. The summed E-state index contributed by atoms with van der Waals surface area (Å²) in [7, 11) is 2.20. The molecule has 2 atom stereocenters. The lowest BCUT2D eigenvalue weighted by molar-refractivity contribution is 0.121. The van der Waals surface area contributed by atoms with Gasteiger partial charge in [0.05, 0.1) is 55.3 Å². The van der Waals surface area contributed by atoms with Crippen LogP contribution in [-0.4, -0.2) is 161 Å². The molecular formula is C60H57FN20O3S3. The molecule has 0 unspecified atom stereocenters.